The Morgan fingerprint density at radius 2 is 2.12 bits per heavy atom. The zero-order valence-electron chi connectivity index (χ0n) is 8.67. The summed E-state index contributed by atoms with van der Waals surface area (Å²) in [5.74, 6) is 1.14. The molecule has 0 amide bonds. The van der Waals surface area contributed by atoms with Gasteiger partial charge >= 0.3 is 0 Å². The number of rotatable bonds is 7. The zero-order valence-corrected chi connectivity index (χ0v) is 9.56. The standard InChI is InChI=1S/C10H13NO4S/c12-11(13)9-2-1-3-10(8-9)15-5-4-14-6-7-16/h1-3,8,16H,4-7H2. The van der Waals surface area contributed by atoms with Gasteiger partial charge in [0.15, 0.2) is 0 Å². The van der Waals surface area contributed by atoms with Crippen LogP contribution in [0.2, 0.25) is 0 Å². The molecule has 0 saturated carbocycles. The van der Waals surface area contributed by atoms with E-state index in [-0.39, 0.29) is 5.69 Å². The first kappa shape index (κ1) is 12.8. The zero-order chi connectivity index (χ0) is 11.8. The van der Waals surface area contributed by atoms with Crippen molar-refractivity contribution in [2.24, 2.45) is 0 Å². The highest BCUT2D eigenvalue weighted by Crippen LogP contribution is 2.18. The van der Waals surface area contributed by atoms with Crippen molar-refractivity contribution >= 4 is 18.3 Å². The van der Waals surface area contributed by atoms with Crippen molar-refractivity contribution < 1.29 is 14.4 Å². The van der Waals surface area contributed by atoms with E-state index in [0.717, 1.165) is 0 Å². The van der Waals surface area contributed by atoms with Gasteiger partial charge in [-0.1, -0.05) is 6.07 Å². The van der Waals surface area contributed by atoms with Crippen molar-refractivity contribution in [1.82, 2.24) is 0 Å². The predicted molar refractivity (Wildman–Crippen MR) is 63.3 cm³/mol. The Kier molecular flexibility index (Phi) is 5.66. The topological polar surface area (TPSA) is 61.6 Å². The molecule has 0 aromatic heterocycles. The first-order valence-electron chi connectivity index (χ1n) is 4.80. The molecule has 0 radical (unpaired) electrons. The Hall–Kier alpha value is -1.27. The average molecular weight is 243 g/mol. The molecule has 0 N–H and O–H groups in total. The Morgan fingerprint density at radius 3 is 2.81 bits per heavy atom. The molecule has 88 valence electrons. The van der Waals surface area contributed by atoms with E-state index < -0.39 is 4.92 Å². The second-order valence-corrected chi connectivity index (χ2v) is 3.39. The summed E-state index contributed by atoms with van der Waals surface area (Å²) in [5, 5.41) is 10.5. The van der Waals surface area contributed by atoms with E-state index >= 15 is 0 Å². The van der Waals surface area contributed by atoms with Crippen LogP contribution in [-0.4, -0.2) is 30.5 Å². The van der Waals surface area contributed by atoms with Crippen LogP contribution < -0.4 is 4.74 Å². The first-order chi connectivity index (χ1) is 7.74. The van der Waals surface area contributed by atoms with Crippen LogP contribution in [0.4, 0.5) is 5.69 Å². The predicted octanol–water partition coefficient (Wildman–Crippen LogP) is 1.92. The Balaban J connectivity index is 2.36. The molecule has 16 heavy (non-hydrogen) atoms. The first-order valence-corrected chi connectivity index (χ1v) is 5.43. The molecule has 0 aliphatic rings. The van der Waals surface area contributed by atoms with E-state index in [4.69, 9.17) is 9.47 Å². The molecule has 6 heteroatoms. The summed E-state index contributed by atoms with van der Waals surface area (Å²) in [4.78, 5) is 10.0. The van der Waals surface area contributed by atoms with Crippen LogP contribution in [0.5, 0.6) is 5.75 Å². The summed E-state index contributed by atoms with van der Waals surface area (Å²) in [6.45, 7) is 1.39. The van der Waals surface area contributed by atoms with E-state index in [1.165, 1.54) is 12.1 Å². The van der Waals surface area contributed by atoms with Gasteiger partial charge in [-0.3, -0.25) is 10.1 Å². The van der Waals surface area contributed by atoms with Crippen molar-refractivity contribution in [2.75, 3.05) is 25.6 Å². The molecule has 0 fully saturated rings. The van der Waals surface area contributed by atoms with Crippen LogP contribution in [0.15, 0.2) is 24.3 Å². The fraction of sp³-hybridized carbons (Fsp3) is 0.400. The molecule has 0 aliphatic heterocycles. The third-order valence-corrected chi connectivity index (χ3v) is 1.94. The number of non-ortho nitro benzene ring substituents is 1. The highest BCUT2D eigenvalue weighted by atomic mass is 32.1. The van der Waals surface area contributed by atoms with Crippen LogP contribution in [-0.2, 0) is 4.74 Å². The highest BCUT2D eigenvalue weighted by Gasteiger charge is 2.05. The molecule has 5 nitrogen and oxygen atoms in total. The maximum Gasteiger partial charge on any atom is 0.273 e. The van der Waals surface area contributed by atoms with Crippen LogP contribution in [0.3, 0.4) is 0 Å². The number of benzene rings is 1. The van der Waals surface area contributed by atoms with E-state index in [9.17, 15) is 10.1 Å². The number of nitro groups is 1. The number of hydrogen-bond donors (Lipinski definition) is 1. The Morgan fingerprint density at radius 1 is 1.31 bits per heavy atom. The summed E-state index contributed by atoms with van der Waals surface area (Å²) in [6, 6.07) is 6.07. The van der Waals surface area contributed by atoms with Gasteiger partial charge in [-0.2, -0.15) is 12.6 Å². The molecule has 1 rings (SSSR count). The lowest BCUT2D eigenvalue weighted by atomic mass is 10.3. The molecular formula is C10H13NO4S. The minimum absolute atomic E-state index is 0.0220. The molecule has 0 aliphatic carbocycles. The minimum atomic E-state index is -0.454. The maximum atomic E-state index is 10.5. The van der Waals surface area contributed by atoms with Crippen LogP contribution in [0, 0.1) is 10.1 Å². The number of hydrogen-bond acceptors (Lipinski definition) is 5. The maximum absolute atomic E-state index is 10.5. The second kappa shape index (κ2) is 7.08. The number of thiol groups is 1. The van der Waals surface area contributed by atoms with Crippen molar-refractivity contribution in [2.45, 2.75) is 0 Å². The van der Waals surface area contributed by atoms with E-state index in [0.29, 0.717) is 31.3 Å². The molecular weight excluding hydrogens is 230 g/mol. The van der Waals surface area contributed by atoms with Gasteiger partial charge < -0.3 is 9.47 Å². The van der Waals surface area contributed by atoms with Crippen LogP contribution >= 0.6 is 12.6 Å². The van der Waals surface area contributed by atoms with Crippen LogP contribution in [0.25, 0.3) is 0 Å². The van der Waals surface area contributed by atoms with Crippen molar-refractivity contribution in [1.29, 1.82) is 0 Å². The van der Waals surface area contributed by atoms with Gasteiger partial charge in [0.25, 0.3) is 5.69 Å². The minimum Gasteiger partial charge on any atom is -0.491 e. The number of nitro benzene ring substituents is 1. The molecule has 0 heterocycles. The highest BCUT2D eigenvalue weighted by molar-refractivity contribution is 7.80. The van der Waals surface area contributed by atoms with Gasteiger partial charge in [0.05, 0.1) is 24.2 Å². The van der Waals surface area contributed by atoms with Crippen LogP contribution in [0.1, 0.15) is 0 Å². The monoisotopic (exact) mass is 243 g/mol. The average Bonchev–Trinajstić information content (AvgIpc) is 2.29. The number of nitrogens with zero attached hydrogens (tertiary/aromatic N) is 1. The fourth-order valence-corrected chi connectivity index (χ4v) is 1.20. The SMILES string of the molecule is O=[N+]([O-])c1cccc(OCCOCCS)c1. The number of ether oxygens (including phenoxy) is 2. The quantitative estimate of drug-likeness (QED) is 0.344. The van der Waals surface area contributed by atoms with Crippen molar-refractivity contribution in [3.05, 3.63) is 34.4 Å². The van der Waals surface area contributed by atoms with Gasteiger partial charge in [0, 0.05) is 11.8 Å². The molecule has 1 aromatic carbocycles. The van der Waals surface area contributed by atoms with Gasteiger partial charge in [0.1, 0.15) is 12.4 Å². The lowest BCUT2D eigenvalue weighted by molar-refractivity contribution is -0.384. The van der Waals surface area contributed by atoms with E-state index in [1.807, 2.05) is 0 Å². The summed E-state index contributed by atoms with van der Waals surface area (Å²) in [7, 11) is 0. The van der Waals surface area contributed by atoms with Gasteiger partial charge in [-0.05, 0) is 6.07 Å². The third kappa shape index (κ3) is 4.50. The van der Waals surface area contributed by atoms with Gasteiger partial charge in [-0.15, -0.1) is 0 Å². The lowest BCUT2D eigenvalue weighted by Crippen LogP contribution is -2.08. The summed E-state index contributed by atoms with van der Waals surface area (Å²) in [6.07, 6.45) is 0. The van der Waals surface area contributed by atoms with Crippen molar-refractivity contribution in [3.8, 4) is 5.75 Å². The smallest absolute Gasteiger partial charge is 0.273 e. The lowest BCUT2D eigenvalue weighted by Gasteiger charge is -2.05. The van der Waals surface area contributed by atoms with Gasteiger partial charge in [-0.25, -0.2) is 0 Å². The fourth-order valence-electron chi connectivity index (χ4n) is 1.07. The Bertz CT molecular complexity index is 345. The third-order valence-electron chi connectivity index (χ3n) is 1.76. The molecule has 0 unspecified atom stereocenters. The molecule has 0 atom stereocenters. The van der Waals surface area contributed by atoms with Gasteiger partial charge in [0.2, 0.25) is 0 Å². The van der Waals surface area contributed by atoms with E-state index in [1.54, 1.807) is 12.1 Å². The summed E-state index contributed by atoms with van der Waals surface area (Å²) in [5.41, 5.74) is 0.0220. The van der Waals surface area contributed by atoms with E-state index in [2.05, 4.69) is 12.6 Å². The summed E-state index contributed by atoms with van der Waals surface area (Å²) >= 11 is 3.99. The molecule has 0 saturated heterocycles. The van der Waals surface area contributed by atoms with Crippen molar-refractivity contribution in [3.63, 3.8) is 0 Å². The largest absolute Gasteiger partial charge is 0.491 e. The normalized spacial score (nSPS) is 10.1. The second-order valence-electron chi connectivity index (χ2n) is 2.94. The molecule has 0 spiro atoms. The molecule has 0 bridgehead atoms. The molecule has 1 aromatic rings. The summed E-state index contributed by atoms with van der Waals surface area (Å²) < 4.78 is 10.4. The Labute approximate surface area is 98.9 Å².